The van der Waals surface area contributed by atoms with Gasteiger partial charge in [0.2, 0.25) is 0 Å². The van der Waals surface area contributed by atoms with E-state index in [1.165, 1.54) is 12.8 Å². The first-order valence-electron chi connectivity index (χ1n) is 8.72. The highest BCUT2D eigenvalue weighted by atomic mass is 32.2. The fourth-order valence-corrected chi connectivity index (χ4v) is 3.92. The van der Waals surface area contributed by atoms with Crippen LogP contribution in [0.15, 0.2) is 4.99 Å². The lowest BCUT2D eigenvalue weighted by molar-refractivity contribution is 0.299. The maximum atomic E-state index is 11.4. The Morgan fingerprint density at radius 2 is 1.83 bits per heavy atom. The normalized spacial score (nSPS) is 20.5. The summed E-state index contributed by atoms with van der Waals surface area (Å²) in [5.74, 6) is 2.15. The second-order valence-corrected chi connectivity index (χ2v) is 9.17. The van der Waals surface area contributed by atoms with Gasteiger partial charge in [-0.15, -0.1) is 0 Å². The molecule has 1 aliphatic heterocycles. The van der Waals surface area contributed by atoms with Crippen LogP contribution in [0.3, 0.4) is 0 Å². The van der Waals surface area contributed by atoms with E-state index in [2.05, 4.69) is 41.3 Å². The summed E-state index contributed by atoms with van der Waals surface area (Å²) < 4.78 is 22.8. The fourth-order valence-electron chi connectivity index (χ4n) is 2.64. The number of hydrogen-bond donors (Lipinski definition) is 2. The van der Waals surface area contributed by atoms with E-state index in [4.69, 9.17) is 0 Å². The van der Waals surface area contributed by atoms with E-state index < -0.39 is 9.84 Å². The Bertz CT molecular complexity index is 449. The van der Waals surface area contributed by atoms with Gasteiger partial charge in [0.25, 0.3) is 0 Å². The first-order chi connectivity index (χ1) is 10.8. The second kappa shape index (κ2) is 10.1. The van der Waals surface area contributed by atoms with E-state index in [1.54, 1.807) is 7.05 Å². The lowest BCUT2D eigenvalue weighted by Gasteiger charge is -2.27. The topological polar surface area (TPSA) is 73.8 Å². The van der Waals surface area contributed by atoms with Gasteiger partial charge >= 0.3 is 0 Å². The van der Waals surface area contributed by atoms with Crippen LogP contribution in [-0.4, -0.2) is 70.1 Å². The molecule has 1 saturated heterocycles. The van der Waals surface area contributed by atoms with Gasteiger partial charge in [-0.05, 0) is 19.3 Å². The van der Waals surface area contributed by atoms with Crippen LogP contribution in [0.25, 0.3) is 0 Å². The van der Waals surface area contributed by atoms with Gasteiger partial charge < -0.3 is 10.6 Å². The molecule has 7 heteroatoms. The Kier molecular flexibility index (Phi) is 8.91. The maximum Gasteiger partial charge on any atom is 0.191 e. The molecule has 2 N–H and O–H groups in total. The Hall–Kier alpha value is -0.820. The predicted molar refractivity (Wildman–Crippen MR) is 97.7 cm³/mol. The van der Waals surface area contributed by atoms with Gasteiger partial charge in [-0.1, -0.05) is 26.7 Å². The van der Waals surface area contributed by atoms with Crippen molar-refractivity contribution in [1.29, 1.82) is 0 Å². The highest BCUT2D eigenvalue weighted by molar-refractivity contribution is 7.91. The monoisotopic (exact) mass is 346 g/mol. The number of nitrogens with one attached hydrogen (secondary N) is 2. The predicted octanol–water partition coefficient (Wildman–Crippen LogP) is 1.10. The Balaban J connectivity index is 2.19. The van der Waals surface area contributed by atoms with Crippen molar-refractivity contribution in [2.45, 2.75) is 46.1 Å². The number of sulfone groups is 1. The third-order valence-electron chi connectivity index (χ3n) is 4.18. The number of rotatable bonds is 8. The van der Waals surface area contributed by atoms with E-state index in [0.29, 0.717) is 19.1 Å². The molecule has 1 unspecified atom stereocenters. The second-order valence-electron chi connectivity index (χ2n) is 6.86. The number of guanidine groups is 1. The zero-order valence-corrected chi connectivity index (χ0v) is 16.0. The summed E-state index contributed by atoms with van der Waals surface area (Å²) in [4.78, 5) is 6.44. The van der Waals surface area contributed by atoms with Gasteiger partial charge in [-0.3, -0.25) is 9.89 Å². The molecular formula is C16H34N4O2S. The van der Waals surface area contributed by atoms with E-state index in [1.807, 2.05) is 0 Å². The summed E-state index contributed by atoms with van der Waals surface area (Å²) in [6.07, 6.45) is 3.63. The summed E-state index contributed by atoms with van der Waals surface area (Å²) in [6.45, 7) is 9.59. The SMILES string of the molecule is CN=C(NCCN1CCS(=O)(=O)CC1)NC(C)CCCC(C)C. The molecule has 1 rings (SSSR count). The molecular weight excluding hydrogens is 312 g/mol. The molecule has 1 fully saturated rings. The van der Waals surface area contributed by atoms with Crippen LogP contribution in [0.1, 0.15) is 40.0 Å². The smallest absolute Gasteiger partial charge is 0.191 e. The summed E-state index contributed by atoms with van der Waals surface area (Å²) in [7, 11) is -1.01. The molecule has 6 nitrogen and oxygen atoms in total. The first-order valence-corrected chi connectivity index (χ1v) is 10.5. The van der Waals surface area contributed by atoms with Gasteiger partial charge in [0.05, 0.1) is 11.5 Å². The van der Waals surface area contributed by atoms with Crippen molar-refractivity contribution in [2.75, 3.05) is 44.7 Å². The van der Waals surface area contributed by atoms with Gasteiger partial charge in [0.15, 0.2) is 15.8 Å². The van der Waals surface area contributed by atoms with Gasteiger partial charge in [-0.25, -0.2) is 8.42 Å². The molecule has 0 amide bonds. The molecule has 1 atom stereocenters. The summed E-state index contributed by atoms with van der Waals surface area (Å²) in [5.41, 5.74) is 0. The average molecular weight is 347 g/mol. The van der Waals surface area contributed by atoms with Crippen molar-refractivity contribution in [3.8, 4) is 0 Å². The van der Waals surface area contributed by atoms with E-state index in [-0.39, 0.29) is 11.5 Å². The van der Waals surface area contributed by atoms with Crippen molar-refractivity contribution in [2.24, 2.45) is 10.9 Å². The van der Waals surface area contributed by atoms with Crippen LogP contribution in [-0.2, 0) is 9.84 Å². The van der Waals surface area contributed by atoms with Gasteiger partial charge in [-0.2, -0.15) is 0 Å². The molecule has 0 aliphatic carbocycles. The molecule has 0 aromatic rings. The summed E-state index contributed by atoms with van der Waals surface area (Å²) in [6, 6.07) is 0.403. The zero-order chi connectivity index (χ0) is 17.3. The number of aliphatic imine (C=N–C) groups is 1. The zero-order valence-electron chi connectivity index (χ0n) is 15.1. The Labute approximate surface area is 142 Å². The van der Waals surface area contributed by atoms with Crippen LogP contribution in [0.5, 0.6) is 0 Å². The maximum absolute atomic E-state index is 11.4. The molecule has 0 spiro atoms. The minimum Gasteiger partial charge on any atom is -0.355 e. The molecule has 136 valence electrons. The average Bonchev–Trinajstić information content (AvgIpc) is 2.47. The Morgan fingerprint density at radius 1 is 1.17 bits per heavy atom. The molecule has 1 heterocycles. The summed E-state index contributed by atoms with van der Waals surface area (Å²) in [5, 5.41) is 6.73. The first kappa shape index (κ1) is 20.2. The fraction of sp³-hybridized carbons (Fsp3) is 0.938. The lowest BCUT2D eigenvalue weighted by Crippen LogP contribution is -2.47. The van der Waals surface area contributed by atoms with Gasteiger partial charge in [0, 0.05) is 39.3 Å². The highest BCUT2D eigenvalue weighted by Crippen LogP contribution is 2.08. The largest absolute Gasteiger partial charge is 0.355 e. The van der Waals surface area contributed by atoms with E-state index in [9.17, 15) is 8.42 Å². The highest BCUT2D eigenvalue weighted by Gasteiger charge is 2.20. The van der Waals surface area contributed by atoms with Crippen molar-refractivity contribution >= 4 is 15.8 Å². The van der Waals surface area contributed by atoms with Crippen molar-refractivity contribution in [1.82, 2.24) is 15.5 Å². The molecule has 0 radical (unpaired) electrons. The van der Waals surface area contributed by atoms with E-state index >= 15 is 0 Å². The van der Waals surface area contributed by atoms with Crippen molar-refractivity contribution in [3.63, 3.8) is 0 Å². The van der Waals surface area contributed by atoms with Crippen LogP contribution >= 0.6 is 0 Å². The number of nitrogens with zero attached hydrogens (tertiary/aromatic N) is 2. The summed E-state index contributed by atoms with van der Waals surface area (Å²) >= 11 is 0. The van der Waals surface area contributed by atoms with Crippen molar-refractivity contribution < 1.29 is 8.42 Å². The third kappa shape index (κ3) is 9.15. The molecule has 0 aromatic heterocycles. The standard InChI is InChI=1S/C16H34N4O2S/c1-14(2)6-5-7-15(3)19-16(17-4)18-8-9-20-10-12-23(21,22)13-11-20/h14-15H,5-13H2,1-4H3,(H2,17,18,19). The molecule has 0 saturated carbocycles. The van der Waals surface area contributed by atoms with Crippen molar-refractivity contribution in [3.05, 3.63) is 0 Å². The van der Waals surface area contributed by atoms with E-state index in [0.717, 1.165) is 31.4 Å². The third-order valence-corrected chi connectivity index (χ3v) is 5.79. The van der Waals surface area contributed by atoms with Crippen LogP contribution < -0.4 is 10.6 Å². The van der Waals surface area contributed by atoms with Gasteiger partial charge in [0.1, 0.15) is 0 Å². The minimum atomic E-state index is -2.79. The van der Waals surface area contributed by atoms with Crippen LogP contribution in [0.2, 0.25) is 0 Å². The molecule has 0 aromatic carbocycles. The molecule has 23 heavy (non-hydrogen) atoms. The quantitative estimate of drug-likeness (QED) is 0.508. The number of hydrogen-bond acceptors (Lipinski definition) is 4. The van der Waals surface area contributed by atoms with Crippen LogP contribution in [0, 0.1) is 5.92 Å². The minimum absolute atomic E-state index is 0.285. The lowest BCUT2D eigenvalue weighted by atomic mass is 10.0. The van der Waals surface area contributed by atoms with Crippen LogP contribution in [0.4, 0.5) is 0 Å². The Morgan fingerprint density at radius 3 is 2.39 bits per heavy atom. The molecule has 1 aliphatic rings. The molecule has 0 bridgehead atoms.